The summed E-state index contributed by atoms with van der Waals surface area (Å²) in [6.07, 6.45) is 1.48. The van der Waals surface area contributed by atoms with Crippen LogP contribution in [0.15, 0.2) is 58.4 Å². The lowest BCUT2D eigenvalue weighted by Gasteiger charge is -1.95. The lowest BCUT2D eigenvalue weighted by atomic mass is 10.2. The fourth-order valence-electron chi connectivity index (χ4n) is 1.75. The predicted octanol–water partition coefficient (Wildman–Crippen LogP) is 2.65. The van der Waals surface area contributed by atoms with Crippen LogP contribution in [-0.2, 0) is 0 Å². The average Bonchev–Trinajstić information content (AvgIpc) is 2.75. The normalized spacial score (nSPS) is 11.4. The molecule has 0 saturated heterocycles. The van der Waals surface area contributed by atoms with E-state index in [2.05, 4.69) is 5.10 Å². The molecule has 94 valence electrons. The maximum Gasteiger partial charge on any atom is 0.289 e. The maximum atomic E-state index is 12.0. The summed E-state index contributed by atoms with van der Waals surface area (Å²) in [7, 11) is 0. The Hall–Kier alpha value is -2.40. The van der Waals surface area contributed by atoms with Gasteiger partial charge in [-0.3, -0.25) is 4.79 Å². The highest BCUT2D eigenvalue weighted by Gasteiger charge is 2.05. The van der Waals surface area contributed by atoms with Crippen molar-refractivity contribution in [1.82, 2.24) is 4.07 Å². The van der Waals surface area contributed by atoms with E-state index in [9.17, 15) is 9.90 Å². The molecule has 0 amide bonds. The number of benzene rings is 2. The second-order valence-electron chi connectivity index (χ2n) is 3.97. The lowest BCUT2D eigenvalue weighted by Crippen LogP contribution is -2.08. The predicted molar refractivity (Wildman–Crippen MR) is 77.2 cm³/mol. The molecule has 4 nitrogen and oxygen atoms in total. The largest absolute Gasteiger partial charge is 0.507 e. The number of hydrogen-bond donors (Lipinski definition) is 1. The van der Waals surface area contributed by atoms with Gasteiger partial charge in [0.05, 0.1) is 16.3 Å². The van der Waals surface area contributed by atoms with Crippen LogP contribution in [0.25, 0.3) is 10.1 Å². The molecule has 0 atom stereocenters. The first-order valence-electron chi connectivity index (χ1n) is 5.69. The number of aromatic hydroxyl groups is 1. The highest BCUT2D eigenvalue weighted by Crippen LogP contribution is 2.16. The maximum absolute atomic E-state index is 12.0. The summed E-state index contributed by atoms with van der Waals surface area (Å²) < 4.78 is 2.21. The van der Waals surface area contributed by atoms with E-state index in [4.69, 9.17) is 0 Å². The molecule has 0 aliphatic heterocycles. The van der Waals surface area contributed by atoms with Crippen molar-refractivity contribution in [3.63, 3.8) is 0 Å². The molecular formula is C14H10N2O2S. The molecule has 3 rings (SSSR count). The number of rotatable bonds is 2. The van der Waals surface area contributed by atoms with E-state index in [1.54, 1.807) is 30.3 Å². The van der Waals surface area contributed by atoms with Crippen molar-refractivity contribution < 1.29 is 5.11 Å². The number of phenols is 1. The summed E-state index contributed by atoms with van der Waals surface area (Å²) in [5.74, 6) is 0.139. The Morgan fingerprint density at radius 3 is 2.63 bits per heavy atom. The standard InChI is InChI=1S/C14H10N2O2S/c17-12-7-3-1-5-10(12)9-15-16-14(18)11-6-2-4-8-13(11)19-16/h1-9,17H/b15-9+. The second kappa shape index (κ2) is 4.70. The highest BCUT2D eigenvalue weighted by atomic mass is 32.1. The second-order valence-corrected chi connectivity index (χ2v) is 4.94. The van der Waals surface area contributed by atoms with Gasteiger partial charge in [0, 0.05) is 5.56 Å². The number of fused-ring (bicyclic) bond motifs is 1. The molecule has 1 heterocycles. The topological polar surface area (TPSA) is 54.6 Å². The molecule has 19 heavy (non-hydrogen) atoms. The summed E-state index contributed by atoms with van der Waals surface area (Å²) in [5, 5.41) is 14.4. The van der Waals surface area contributed by atoms with Gasteiger partial charge in [0.25, 0.3) is 5.56 Å². The third-order valence-corrected chi connectivity index (χ3v) is 3.70. The molecule has 1 N–H and O–H groups in total. The Bertz CT molecular complexity index is 817. The van der Waals surface area contributed by atoms with Crippen LogP contribution in [-0.4, -0.2) is 15.4 Å². The van der Waals surface area contributed by atoms with E-state index < -0.39 is 0 Å². The SMILES string of the molecule is O=c1c2ccccc2sn1/N=C/c1ccccc1O. The zero-order valence-corrected chi connectivity index (χ0v) is 10.7. The van der Waals surface area contributed by atoms with Crippen LogP contribution in [0.3, 0.4) is 0 Å². The Morgan fingerprint density at radius 1 is 1.11 bits per heavy atom. The van der Waals surface area contributed by atoms with Gasteiger partial charge in [-0.2, -0.15) is 5.10 Å². The van der Waals surface area contributed by atoms with Crippen molar-refractivity contribution in [2.24, 2.45) is 5.10 Å². The molecule has 0 aliphatic rings. The smallest absolute Gasteiger partial charge is 0.289 e. The Labute approximate surface area is 113 Å². The average molecular weight is 270 g/mol. The van der Waals surface area contributed by atoms with Gasteiger partial charge in [0.2, 0.25) is 0 Å². The van der Waals surface area contributed by atoms with E-state index in [1.165, 1.54) is 21.8 Å². The summed E-state index contributed by atoms with van der Waals surface area (Å²) in [6.45, 7) is 0. The van der Waals surface area contributed by atoms with Gasteiger partial charge in [-0.15, -0.1) is 4.07 Å². The van der Waals surface area contributed by atoms with Crippen LogP contribution in [0.4, 0.5) is 0 Å². The van der Waals surface area contributed by atoms with E-state index >= 15 is 0 Å². The van der Waals surface area contributed by atoms with Crippen molar-refractivity contribution in [2.45, 2.75) is 0 Å². The molecule has 1 aromatic heterocycles. The minimum atomic E-state index is -0.146. The van der Waals surface area contributed by atoms with Crippen LogP contribution in [0.5, 0.6) is 5.75 Å². The summed E-state index contributed by atoms with van der Waals surface area (Å²) in [5.41, 5.74) is 0.430. The van der Waals surface area contributed by atoms with Gasteiger partial charge in [-0.25, -0.2) is 0 Å². The van der Waals surface area contributed by atoms with Gasteiger partial charge >= 0.3 is 0 Å². The van der Waals surface area contributed by atoms with Gasteiger partial charge in [0.15, 0.2) is 0 Å². The highest BCUT2D eigenvalue weighted by molar-refractivity contribution is 7.13. The van der Waals surface area contributed by atoms with Crippen molar-refractivity contribution in [3.05, 3.63) is 64.4 Å². The molecule has 0 saturated carbocycles. The van der Waals surface area contributed by atoms with Crippen LogP contribution < -0.4 is 5.56 Å². The van der Waals surface area contributed by atoms with Crippen LogP contribution in [0.1, 0.15) is 5.56 Å². The number of para-hydroxylation sites is 1. The van der Waals surface area contributed by atoms with Gasteiger partial charge < -0.3 is 5.11 Å². The first-order chi connectivity index (χ1) is 9.25. The third-order valence-electron chi connectivity index (χ3n) is 2.71. The summed E-state index contributed by atoms with van der Waals surface area (Å²) >= 11 is 1.27. The van der Waals surface area contributed by atoms with E-state index in [0.29, 0.717) is 10.9 Å². The van der Waals surface area contributed by atoms with E-state index in [1.807, 2.05) is 18.2 Å². The van der Waals surface area contributed by atoms with Crippen molar-refractivity contribution in [1.29, 1.82) is 0 Å². The Balaban J connectivity index is 2.05. The molecule has 0 radical (unpaired) electrons. The molecule has 0 unspecified atom stereocenters. The minimum absolute atomic E-state index is 0.139. The molecule has 0 spiro atoms. The third kappa shape index (κ3) is 2.15. The fraction of sp³-hybridized carbons (Fsp3) is 0. The van der Waals surface area contributed by atoms with Gasteiger partial charge in [-0.1, -0.05) is 24.3 Å². The molecule has 2 aromatic carbocycles. The number of nitrogens with zero attached hydrogens (tertiary/aromatic N) is 2. The van der Waals surface area contributed by atoms with Crippen molar-refractivity contribution >= 4 is 27.8 Å². The lowest BCUT2D eigenvalue weighted by molar-refractivity contribution is 0.474. The van der Waals surface area contributed by atoms with Crippen LogP contribution >= 0.6 is 11.5 Å². The molecule has 0 bridgehead atoms. The monoisotopic (exact) mass is 270 g/mol. The van der Waals surface area contributed by atoms with Gasteiger partial charge in [-0.05, 0) is 35.8 Å². The van der Waals surface area contributed by atoms with E-state index in [0.717, 1.165) is 4.70 Å². The first kappa shape index (κ1) is 11.7. The quantitative estimate of drug-likeness (QED) is 0.728. The molecule has 0 fully saturated rings. The molecule has 5 heteroatoms. The minimum Gasteiger partial charge on any atom is -0.507 e. The van der Waals surface area contributed by atoms with Gasteiger partial charge in [0.1, 0.15) is 5.75 Å². The summed E-state index contributed by atoms with van der Waals surface area (Å²) in [4.78, 5) is 12.0. The number of phenolic OH excluding ortho intramolecular Hbond substituents is 1. The molecule has 0 aliphatic carbocycles. The number of hydrogen-bond acceptors (Lipinski definition) is 4. The van der Waals surface area contributed by atoms with Crippen molar-refractivity contribution in [3.8, 4) is 5.75 Å². The fourth-order valence-corrected chi connectivity index (χ4v) is 2.60. The molecular weight excluding hydrogens is 260 g/mol. The zero-order valence-electron chi connectivity index (χ0n) is 9.85. The van der Waals surface area contributed by atoms with Crippen LogP contribution in [0.2, 0.25) is 0 Å². The van der Waals surface area contributed by atoms with Crippen LogP contribution in [0, 0.1) is 0 Å². The number of aromatic nitrogens is 1. The Kier molecular flexibility index (Phi) is 2.89. The molecule has 3 aromatic rings. The van der Waals surface area contributed by atoms with E-state index in [-0.39, 0.29) is 11.3 Å². The van der Waals surface area contributed by atoms with Crippen molar-refractivity contribution in [2.75, 3.05) is 0 Å². The Morgan fingerprint density at radius 2 is 1.84 bits per heavy atom. The first-order valence-corrected chi connectivity index (χ1v) is 6.46. The zero-order chi connectivity index (χ0) is 13.2. The summed E-state index contributed by atoms with van der Waals surface area (Å²) in [6, 6.07) is 14.2.